The lowest BCUT2D eigenvalue weighted by molar-refractivity contribution is -0.133. The Balaban J connectivity index is 1.28. The molecule has 2 aromatic rings. The number of urea groups is 1. The summed E-state index contributed by atoms with van der Waals surface area (Å²) in [6.45, 7) is 6.34. The molecule has 9 heteroatoms. The van der Waals surface area contributed by atoms with E-state index < -0.39 is 23.4 Å². The fourth-order valence-corrected chi connectivity index (χ4v) is 4.80. The van der Waals surface area contributed by atoms with Crippen LogP contribution in [0.2, 0.25) is 0 Å². The molecule has 1 unspecified atom stereocenters. The largest absolute Gasteiger partial charge is 0.490 e. The number of hydrogen-bond donors (Lipinski definition) is 2. The summed E-state index contributed by atoms with van der Waals surface area (Å²) in [4.78, 5) is 42.1. The van der Waals surface area contributed by atoms with Crippen molar-refractivity contribution in [2.75, 3.05) is 43.1 Å². The highest BCUT2D eigenvalue weighted by atomic mass is 16.5. The summed E-state index contributed by atoms with van der Waals surface area (Å²) in [5, 5.41) is 5.59. The van der Waals surface area contributed by atoms with Gasteiger partial charge in [0, 0.05) is 30.9 Å². The highest BCUT2D eigenvalue weighted by molar-refractivity contribution is 6.10. The molecule has 5 rings (SSSR count). The lowest BCUT2D eigenvalue weighted by atomic mass is 9.91. The summed E-state index contributed by atoms with van der Waals surface area (Å²) in [6, 6.07) is 10.5. The number of amides is 4. The zero-order chi connectivity index (χ0) is 24.6. The summed E-state index contributed by atoms with van der Waals surface area (Å²) < 4.78 is 11.4. The third-order valence-electron chi connectivity index (χ3n) is 6.86. The normalized spacial score (nSPS) is 21.7. The molecule has 0 aromatic heterocycles. The molecule has 1 atom stereocenters. The van der Waals surface area contributed by atoms with Crippen molar-refractivity contribution in [2.24, 2.45) is 0 Å². The zero-order valence-corrected chi connectivity index (χ0v) is 20.1. The second kappa shape index (κ2) is 9.13. The molecule has 9 nitrogen and oxygen atoms in total. The van der Waals surface area contributed by atoms with Crippen LogP contribution in [0.3, 0.4) is 0 Å². The Labute approximate surface area is 204 Å². The van der Waals surface area contributed by atoms with Crippen molar-refractivity contribution in [1.29, 1.82) is 0 Å². The minimum atomic E-state index is -1.31. The van der Waals surface area contributed by atoms with Crippen LogP contribution in [0.5, 0.6) is 11.5 Å². The molecule has 184 valence electrons. The SMILES string of the molecule is Cc1cc(N2CCCC2)ccc1NC(=O)CN1C(=O)NC(C)(c2ccc3c(c2)OCCCO3)C1=O. The van der Waals surface area contributed by atoms with Crippen LogP contribution in [-0.2, 0) is 15.1 Å². The van der Waals surface area contributed by atoms with Crippen molar-refractivity contribution >= 4 is 29.2 Å². The lowest BCUT2D eigenvalue weighted by Crippen LogP contribution is -2.42. The monoisotopic (exact) mass is 478 g/mol. The quantitative estimate of drug-likeness (QED) is 0.641. The first-order chi connectivity index (χ1) is 16.8. The molecule has 0 saturated carbocycles. The summed E-state index contributed by atoms with van der Waals surface area (Å²) in [5.41, 5.74) is 1.98. The molecular weight excluding hydrogens is 448 g/mol. The maximum absolute atomic E-state index is 13.3. The van der Waals surface area contributed by atoms with Gasteiger partial charge in [-0.1, -0.05) is 6.07 Å². The number of hydrogen-bond acceptors (Lipinski definition) is 6. The second-order valence-electron chi connectivity index (χ2n) is 9.40. The topological polar surface area (TPSA) is 100 Å². The van der Waals surface area contributed by atoms with E-state index in [0.717, 1.165) is 35.7 Å². The van der Waals surface area contributed by atoms with Crippen molar-refractivity contribution < 1.29 is 23.9 Å². The summed E-state index contributed by atoms with van der Waals surface area (Å²) in [7, 11) is 0. The minimum absolute atomic E-state index is 0.377. The molecule has 3 heterocycles. The van der Waals surface area contributed by atoms with Gasteiger partial charge in [-0.05, 0) is 68.1 Å². The molecule has 35 heavy (non-hydrogen) atoms. The van der Waals surface area contributed by atoms with E-state index in [0.29, 0.717) is 36.0 Å². The summed E-state index contributed by atoms with van der Waals surface area (Å²) >= 11 is 0. The first kappa shape index (κ1) is 23.0. The standard InChI is InChI=1S/C26H30N4O5/c1-17-14-19(29-10-3-4-11-29)7-8-20(17)27-23(31)16-30-24(32)26(2,28-25(30)33)18-6-9-21-22(15-18)35-13-5-12-34-21/h6-9,14-15H,3-5,10-13,16H2,1-2H3,(H,27,31)(H,28,33). The van der Waals surface area contributed by atoms with Crippen molar-refractivity contribution in [3.8, 4) is 11.5 Å². The molecule has 0 aliphatic carbocycles. The molecule has 0 bridgehead atoms. The average Bonchev–Trinajstić information content (AvgIpc) is 3.36. The van der Waals surface area contributed by atoms with Gasteiger partial charge in [-0.15, -0.1) is 0 Å². The van der Waals surface area contributed by atoms with Crippen LogP contribution in [0.1, 0.15) is 37.3 Å². The Kier molecular flexibility index (Phi) is 6.00. The fraction of sp³-hybridized carbons (Fsp3) is 0.423. The number of aryl methyl sites for hydroxylation is 1. The van der Waals surface area contributed by atoms with Gasteiger partial charge in [0.2, 0.25) is 5.91 Å². The van der Waals surface area contributed by atoms with E-state index >= 15 is 0 Å². The number of imide groups is 1. The van der Waals surface area contributed by atoms with Crippen molar-refractivity contribution in [3.63, 3.8) is 0 Å². The van der Waals surface area contributed by atoms with E-state index in [1.165, 1.54) is 12.8 Å². The van der Waals surface area contributed by atoms with Gasteiger partial charge in [0.25, 0.3) is 5.91 Å². The molecule has 2 N–H and O–H groups in total. The third kappa shape index (κ3) is 4.38. The van der Waals surface area contributed by atoms with Gasteiger partial charge in [-0.3, -0.25) is 14.5 Å². The van der Waals surface area contributed by atoms with E-state index in [2.05, 4.69) is 21.6 Å². The van der Waals surface area contributed by atoms with Crippen LogP contribution in [0.4, 0.5) is 16.2 Å². The number of benzene rings is 2. The van der Waals surface area contributed by atoms with Gasteiger partial charge in [0.05, 0.1) is 13.2 Å². The predicted octanol–water partition coefficient (Wildman–Crippen LogP) is 3.16. The van der Waals surface area contributed by atoms with E-state index in [4.69, 9.17) is 9.47 Å². The molecule has 3 aliphatic rings. The maximum Gasteiger partial charge on any atom is 0.325 e. The summed E-state index contributed by atoms with van der Waals surface area (Å²) in [5.74, 6) is 0.211. The number of fused-ring (bicyclic) bond motifs is 1. The van der Waals surface area contributed by atoms with Crippen LogP contribution in [0, 0.1) is 6.92 Å². The fourth-order valence-electron chi connectivity index (χ4n) is 4.80. The molecule has 0 spiro atoms. The van der Waals surface area contributed by atoms with Crippen molar-refractivity contribution in [3.05, 3.63) is 47.5 Å². The maximum atomic E-state index is 13.3. The van der Waals surface area contributed by atoms with Gasteiger partial charge in [0.15, 0.2) is 11.5 Å². The molecule has 2 aromatic carbocycles. The average molecular weight is 479 g/mol. The van der Waals surface area contributed by atoms with Gasteiger partial charge >= 0.3 is 6.03 Å². The lowest BCUT2D eigenvalue weighted by Gasteiger charge is -2.23. The van der Waals surface area contributed by atoms with E-state index in [9.17, 15) is 14.4 Å². The van der Waals surface area contributed by atoms with Crippen molar-refractivity contribution in [2.45, 2.75) is 38.6 Å². The Morgan fingerprint density at radius 1 is 1.03 bits per heavy atom. The number of ether oxygens (including phenoxy) is 2. The Morgan fingerprint density at radius 3 is 2.51 bits per heavy atom. The van der Waals surface area contributed by atoms with Crippen LogP contribution in [0.15, 0.2) is 36.4 Å². The van der Waals surface area contributed by atoms with Crippen LogP contribution < -0.4 is 25.0 Å². The molecule has 3 aliphatic heterocycles. The number of anilines is 2. The Morgan fingerprint density at radius 2 is 1.77 bits per heavy atom. The van der Waals surface area contributed by atoms with Crippen molar-refractivity contribution in [1.82, 2.24) is 10.2 Å². The van der Waals surface area contributed by atoms with Gasteiger partial charge in [0.1, 0.15) is 12.1 Å². The highest BCUT2D eigenvalue weighted by Gasteiger charge is 2.49. The first-order valence-electron chi connectivity index (χ1n) is 12.0. The Hall–Kier alpha value is -3.75. The smallest absolute Gasteiger partial charge is 0.325 e. The minimum Gasteiger partial charge on any atom is -0.490 e. The Bertz CT molecular complexity index is 1180. The number of carbonyl (C=O) groups excluding carboxylic acids is 3. The van der Waals surface area contributed by atoms with E-state index in [1.807, 2.05) is 19.1 Å². The zero-order valence-electron chi connectivity index (χ0n) is 20.1. The van der Waals surface area contributed by atoms with Crippen LogP contribution in [-0.4, -0.2) is 55.6 Å². The number of nitrogens with one attached hydrogen (secondary N) is 2. The van der Waals surface area contributed by atoms with Crippen LogP contribution >= 0.6 is 0 Å². The van der Waals surface area contributed by atoms with Gasteiger partial charge < -0.3 is 25.0 Å². The first-order valence-corrected chi connectivity index (χ1v) is 12.0. The molecule has 0 radical (unpaired) electrons. The van der Waals surface area contributed by atoms with Crippen LogP contribution in [0.25, 0.3) is 0 Å². The molecule has 2 saturated heterocycles. The molecule has 2 fully saturated rings. The number of rotatable bonds is 5. The molecular formula is C26H30N4O5. The highest BCUT2D eigenvalue weighted by Crippen LogP contribution is 2.36. The van der Waals surface area contributed by atoms with Gasteiger partial charge in [-0.2, -0.15) is 0 Å². The summed E-state index contributed by atoms with van der Waals surface area (Å²) in [6.07, 6.45) is 3.14. The van der Waals surface area contributed by atoms with E-state index in [-0.39, 0.29) is 6.54 Å². The predicted molar refractivity (Wildman–Crippen MR) is 131 cm³/mol. The van der Waals surface area contributed by atoms with Gasteiger partial charge in [-0.25, -0.2) is 4.79 Å². The van der Waals surface area contributed by atoms with E-state index in [1.54, 1.807) is 25.1 Å². The number of nitrogens with zero attached hydrogens (tertiary/aromatic N) is 2. The number of carbonyl (C=O) groups is 3. The second-order valence-corrected chi connectivity index (χ2v) is 9.40. The molecule has 4 amide bonds. The third-order valence-corrected chi connectivity index (χ3v) is 6.86.